The summed E-state index contributed by atoms with van der Waals surface area (Å²) in [5.74, 6) is 0.391. The molecule has 0 atom stereocenters. The Morgan fingerprint density at radius 2 is 1.76 bits per heavy atom. The van der Waals surface area contributed by atoms with Crippen LogP contribution in [0.5, 0.6) is 0 Å². The first-order valence-corrected chi connectivity index (χ1v) is 6.02. The highest BCUT2D eigenvalue weighted by Crippen LogP contribution is 2.10. The van der Waals surface area contributed by atoms with E-state index in [4.69, 9.17) is 5.73 Å². The highest BCUT2D eigenvalue weighted by atomic mass is 16.1. The highest BCUT2D eigenvalue weighted by Gasteiger charge is 2.04. The third-order valence-electron chi connectivity index (χ3n) is 2.55. The Kier molecular flexibility index (Phi) is 5.16. The predicted molar refractivity (Wildman–Crippen MR) is 70.5 cm³/mol. The van der Waals surface area contributed by atoms with Crippen LogP contribution < -0.4 is 5.73 Å². The van der Waals surface area contributed by atoms with Crippen molar-refractivity contribution in [2.45, 2.75) is 26.8 Å². The molecule has 3 heteroatoms. The van der Waals surface area contributed by atoms with Gasteiger partial charge < -0.3 is 5.73 Å². The monoisotopic (exact) mass is 234 g/mol. The van der Waals surface area contributed by atoms with Crippen LogP contribution in [0.1, 0.15) is 25.0 Å². The molecule has 0 aliphatic carbocycles. The molecule has 0 radical (unpaired) electrons. The number of amides is 1. The maximum absolute atomic E-state index is 10.8. The van der Waals surface area contributed by atoms with Gasteiger partial charge in [-0.15, -0.1) is 0 Å². The molecule has 0 saturated heterocycles. The number of rotatable bonds is 6. The molecule has 1 aromatic rings. The fourth-order valence-electron chi connectivity index (χ4n) is 1.89. The molecule has 0 aliphatic rings. The predicted octanol–water partition coefficient (Wildman–Crippen LogP) is 1.80. The van der Waals surface area contributed by atoms with Crippen molar-refractivity contribution < 1.29 is 4.79 Å². The summed E-state index contributed by atoms with van der Waals surface area (Å²) >= 11 is 0. The second-order valence-corrected chi connectivity index (χ2v) is 5.05. The molecule has 2 N–H and O–H groups in total. The summed E-state index contributed by atoms with van der Waals surface area (Å²) in [6.45, 7) is 5.49. The number of carbonyl (C=O) groups excluding carboxylic acids is 1. The molecule has 0 bridgehead atoms. The highest BCUT2D eigenvalue weighted by molar-refractivity contribution is 5.75. The molecule has 94 valence electrons. The van der Waals surface area contributed by atoms with E-state index in [1.807, 2.05) is 11.9 Å². The van der Waals surface area contributed by atoms with Gasteiger partial charge in [0.05, 0.1) is 6.54 Å². The van der Waals surface area contributed by atoms with E-state index in [-0.39, 0.29) is 5.91 Å². The van der Waals surface area contributed by atoms with Gasteiger partial charge in [0.15, 0.2) is 0 Å². The Balaban J connectivity index is 2.53. The average Bonchev–Trinajstić information content (AvgIpc) is 2.18. The Bertz CT molecular complexity index is 357. The molecule has 0 heterocycles. The van der Waals surface area contributed by atoms with Crippen LogP contribution in [0.3, 0.4) is 0 Å². The summed E-state index contributed by atoms with van der Waals surface area (Å²) in [5.41, 5.74) is 7.72. The molecule has 0 saturated carbocycles. The van der Waals surface area contributed by atoms with Crippen LogP contribution in [0, 0.1) is 5.92 Å². The summed E-state index contributed by atoms with van der Waals surface area (Å²) < 4.78 is 0. The van der Waals surface area contributed by atoms with Crippen molar-refractivity contribution in [3.8, 4) is 0 Å². The zero-order valence-electron chi connectivity index (χ0n) is 10.9. The largest absolute Gasteiger partial charge is 0.369 e. The van der Waals surface area contributed by atoms with E-state index in [1.165, 1.54) is 11.1 Å². The number of nitrogens with two attached hydrogens (primary N) is 1. The van der Waals surface area contributed by atoms with Crippen LogP contribution in [0.15, 0.2) is 24.3 Å². The maximum atomic E-state index is 10.8. The number of likely N-dealkylation sites (N-methyl/N-ethyl adjacent to an activating group) is 1. The topological polar surface area (TPSA) is 46.3 Å². The standard InChI is InChI=1S/C14H22N2O/c1-11(2)8-12-4-6-13(7-5-12)9-16(3)10-14(15)17/h4-7,11H,8-10H2,1-3H3,(H2,15,17). The first kappa shape index (κ1) is 13.7. The average molecular weight is 234 g/mol. The zero-order chi connectivity index (χ0) is 12.8. The maximum Gasteiger partial charge on any atom is 0.231 e. The summed E-state index contributed by atoms with van der Waals surface area (Å²) in [7, 11) is 1.90. The summed E-state index contributed by atoms with van der Waals surface area (Å²) in [5, 5.41) is 0. The molecule has 0 aromatic heterocycles. The Morgan fingerprint density at radius 1 is 1.24 bits per heavy atom. The van der Waals surface area contributed by atoms with Gasteiger partial charge in [-0.25, -0.2) is 0 Å². The van der Waals surface area contributed by atoms with Crippen molar-refractivity contribution in [2.75, 3.05) is 13.6 Å². The van der Waals surface area contributed by atoms with Gasteiger partial charge in [0.1, 0.15) is 0 Å². The number of benzene rings is 1. The summed E-state index contributed by atoms with van der Waals surface area (Å²) in [6.07, 6.45) is 1.11. The fourth-order valence-corrected chi connectivity index (χ4v) is 1.89. The lowest BCUT2D eigenvalue weighted by Crippen LogP contribution is -2.30. The normalized spacial score (nSPS) is 11.1. The Morgan fingerprint density at radius 3 is 2.24 bits per heavy atom. The van der Waals surface area contributed by atoms with E-state index in [0.29, 0.717) is 12.5 Å². The molecule has 1 amide bonds. The summed E-state index contributed by atoms with van der Waals surface area (Å²) in [4.78, 5) is 12.7. The van der Waals surface area contributed by atoms with Gasteiger partial charge in [-0.3, -0.25) is 9.69 Å². The Hall–Kier alpha value is -1.35. The lowest BCUT2D eigenvalue weighted by Gasteiger charge is -2.14. The van der Waals surface area contributed by atoms with Crippen molar-refractivity contribution >= 4 is 5.91 Å². The molecule has 0 unspecified atom stereocenters. The van der Waals surface area contributed by atoms with Crippen LogP contribution in [0.4, 0.5) is 0 Å². The first-order valence-electron chi connectivity index (χ1n) is 6.02. The summed E-state index contributed by atoms with van der Waals surface area (Å²) in [6, 6.07) is 8.56. The second-order valence-electron chi connectivity index (χ2n) is 5.05. The molecular formula is C14H22N2O. The van der Waals surface area contributed by atoms with E-state index in [0.717, 1.165) is 13.0 Å². The fraction of sp³-hybridized carbons (Fsp3) is 0.500. The smallest absolute Gasteiger partial charge is 0.231 e. The van der Waals surface area contributed by atoms with Crippen LogP contribution in [-0.4, -0.2) is 24.4 Å². The minimum absolute atomic E-state index is 0.288. The molecular weight excluding hydrogens is 212 g/mol. The van der Waals surface area contributed by atoms with E-state index < -0.39 is 0 Å². The van der Waals surface area contributed by atoms with Crippen molar-refractivity contribution in [3.63, 3.8) is 0 Å². The van der Waals surface area contributed by atoms with Crippen LogP contribution in [0.2, 0.25) is 0 Å². The van der Waals surface area contributed by atoms with E-state index in [2.05, 4.69) is 38.1 Å². The number of nitrogens with zero attached hydrogens (tertiary/aromatic N) is 1. The Labute approximate surface area is 104 Å². The minimum atomic E-state index is -0.288. The van der Waals surface area contributed by atoms with Gasteiger partial charge in [0, 0.05) is 6.54 Å². The number of primary amides is 1. The van der Waals surface area contributed by atoms with Crippen LogP contribution in [-0.2, 0) is 17.8 Å². The van der Waals surface area contributed by atoms with Gasteiger partial charge in [-0.1, -0.05) is 38.1 Å². The second kappa shape index (κ2) is 6.40. The third-order valence-corrected chi connectivity index (χ3v) is 2.55. The minimum Gasteiger partial charge on any atom is -0.369 e. The van der Waals surface area contributed by atoms with Gasteiger partial charge in [0.25, 0.3) is 0 Å². The van der Waals surface area contributed by atoms with E-state index in [9.17, 15) is 4.79 Å². The zero-order valence-corrected chi connectivity index (χ0v) is 10.9. The third kappa shape index (κ3) is 5.50. The number of carbonyl (C=O) groups is 1. The van der Waals surface area contributed by atoms with Gasteiger partial charge in [-0.05, 0) is 30.5 Å². The quantitative estimate of drug-likeness (QED) is 0.816. The van der Waals surface area contributed by atoms with Crippen molar-refractivity contribution in [1.82, 2.24) is 4.90 Å². The van der Waals surface area contributed by atoms with E-state index >= 15 is 0 Å². The van der Waals surface area contributed by atoms with E-state index in [1.54, 1.807) is 0 Å². The number of hydrogen-bond donors (Lipinski definition) is 1. The van der Waals surface area contributed by atoms with Crippen LogP contribution in [0.25, 0.3) is 0 Å². The van der Waals surface area contributed by atoms with Crippen LogP contribution >= 0.6 is 0 Å². The lowest BCUT2D eigenvalue weighted by atomic mass is 10.0. The van der Waals surface area contributed by atoms with Gasteiger partial charge in [0.2, 0.25) is 5.91 Å². The molecule has 0 aliphatic heterocycles. The molecule has 1 rings (SSSR count). The molecule has 17 heavy (non-hydrogen) atoms. The SMILES string of the molecule is CC(C)Cc1ccc(CN(C)CC(N)=O)cc1. The van der Waals surface area contributed by atoms with Crippen molar-refractivity contribution in [1.29, 1.82) is 0 Å². The molecule has 0 fully saturated rings. The molecule has 3 nitrogen and oxygen atoms in total. The molecule has 1 aromatic carbocycles. The van der Waals surface area contributed by atoms with Crippen molar-refractivity contribution in [2.24, 2.45) is 11.7 Å². The first-order chi connectivity index (χ1) is 7.97. The van der Waals surface area contributed by atoms with Gasteiger partial charge in [-0.2, -0.15) is 0 Å². The number of hydrogen-bond acceptors (Lipinski definition) is 2. The van der Waals surface area contributed by atoms with Gasteiger partial charge >= 0.3 is 0 Å². The lowest BCUT2D eigenvalue weighted by molar-refractivity contribution is -0.118. The van der Waals surface area contributed by atoms with Crippen molar-refractivity contribution in [3.05, 3.63) is 35.4 Å². The molecule has 0 spiro atoms.